The van der Waals surface area contributed by atoms with Crippen LogP contribution in [0.5, 0.6) is 0 Å². The summed E-state index contributed by atoms with van der Waals surface area (Å²) in [6.07, 6.45) is 1.41. The van der Waals surface area contributed by atoms with E-state index in [9.17, 15) is 9.90 Å². The first-order valence-electron chi connectivity index (χ1n) is 8.15. The minimum Gasteiger partial charge on any atom is -0.387 e. The molecular formula is C19H25N3O2. The number of amides is 1. The number of hydrogen-bond donors (Lipinski definition) is 3. The van der Waals surface area contributed by atoms with E-state index in [2.05, 4.69) is 15.6 Å². The second-order valence-electron chi connectivity index (χ2n) is 6.05. The van der Waals surface area contributed by atoms with Crippen LogP contribution in [0.15, 0.2) is 36.5 Å². The largest absolute Gasteiger partial charge is 0.387 e. The molecule has 0 saturated heterocycles. The minimum absolute atomic E-state index is 0.0921. The van der Waals surface area contributed by atoms with Gasteiger partial charge >= 0.3 is 0 Å². The number of aliphatic hydroxyl groups excluding tert-OH is 1. The van der Waals surface area contributed by atoms with Crippen molar-refractivity contribution in [2.75, 3.05) is 18.4 Å². The number of anilines is 1. The third-order valence-corrected chi connectivity index (χ3v) is 3.93. The van der Waals surface area contributed by atoms with Crippen LogP contribution in [0.2, 0.25) is 0 Å². The highest BCUT2D eigenvalue weighted by Crippen LogP contribution is 2.18. The van der Waals surface area contributed by atoms with E-state index < -0.39 is 6.10 Å². The predicted molar refractivity (Wildman–Crippen MR) is 96.0 cm³/mol. The lowest BCUT2D eigenvalue weighted by atomic mass is 10.0. The van der Waals surface area contributed by atoms with Crippen molar-refractivity contribution in [3.8, 4) is 0 Å². The Hall–Kier alpha value is -2.24. The van der Waals surface area contributed by atoms with Crippen molar-refractivity contribution in [2.45, 2.75) is 33.3 Å². The molecule has 0 radical (unpaired) electrons. The summed E-state index contributed by atoms with van der Waals surface area (Å²) >= 11 is 0. The molecule has 0 fully saturated rings. The lowest BCUT2D eigenvalue weighted by Gasteiger charge is -2.15. The number of aliphatic hydroxyl groups is 1. The minimum atomic E-state index is -0.578. The highest BCUT2D eigenvalue weighted by molar-refractivity contribution is 5.90. The molecule has 0 saturated carbocycles. The molecule has 0 aliphatic rings. The van der Waals surface area contributed by atoms with Crippen molar-refractivity contribution in [3.63, 3.8) is 0 Å². The van der Waals surface area contributed by atoms with Gasteiger partial charge in [-0.05, 0) is 43.5 Å². The fourth-order valence-electron chi connectivity index (χ4n) is 2.48. The van der Waals surface area contributed by atoms with Crippen molar-refractivity contribution in [1.82, 2.24) is 10.3 Å². The van der Waals surface area contributed by atoms with Crippen LogP contribution < -0.4 is 10.6 Å². The van der Waals surface area contributed by atoms with Crippen LogP contribution in [-0.2, 0) is 4.79 Å². The van der Waals surface area contributed by atoms with Crippen LogP contribution in [0.3, 0.4) is 0 Å². The van der Waals surface area contributed by atoms with Crippen molar-refractivity contribution in [3.05, 3.63) is 58.8 Å². The maximum atomic E-state index is 11.9. The number of hydrogen-bond acceptors (Lipinski definition) is 4. The van der Waals surface area contributed by atoms with Gasteiger partial charge in [0.1, 0.15) is 5.82 Å². The van der Waals surface area contributed by atoms with Gasteiger partial charge in [0.05, 0.1) is 6.10 Å². The number of nitrogens with zero attached hydrogens (tertiary/aromatic N) is 1. The molecule has 1 aromatic heterocycles. The van der Waals surface area contributed by atoms with Crippen LogP contribution in [-0.4, -0.2) is 29.1 Å². The molecule has 128 valence electrons. The lowest BCUT2D eigenvalue weighted by Crippen LogP contribution is -2.26. The third-order valence-electron chi connectivity index (χ3n) is 3.93. The van der Waals surface area contributed by atoms with Crippen LogP contribution in [0.4, 0.5) is 5.82 Å². The van der Waals surface area contributed by atoms with E-state index in [0.717, 1.165) is 22.3 Å². The molecule has 0 bridgehead atoms. The molecule has 1 amide bonds. The number of carbonyl (C=O) groups is 1. The van der Waals surface area contributed by atoms with Crippen LogP contribution in [0, 0.1) is 20.8 Å². The van der Waals surface area contributed by atoms with E-state index in [1.54, 1.807) is 6.20 Å². The highest BCUT2D eigenvalue weighted by atomic mass is 16.3. The van der Waals surface area contributed by atoms with Gasteiger partial charge in [0.25, 0.3) is 0 Å². The normalized spacial score (nSPS) is 12.0. The van der Waals surface area contributed by atoms with E-state index in [4.69, 9.17) is 0 Å². The molecule has 0 spiro atoms. The van der Waals surface area contributed by atoms with Gasteiger partial charge in [0.2, 0.25) is 5.91 Å². The summed E-state index contributed by atoms with van der Waals surface area (Å²) in [6.45, 7) is 6.81. The molecule has 1 heterocycles. The maximum absolute atomic E-state index is 11.9. The molecule has 1 unspecified atom stereocenters. The number of carbonyl (C=O) groups excluding carboxylic acids is 1. The summed E-state index contributed by atoms with van der Waals surface area (Å²) in [6, 6.07) is 9.78. The van der Waals surface area contributed by atoms with E-state index in [1.165, 1.54) is 0 Å². The van der Waals surface area contributed by atoms with Crippen molar-refractivity contribution in [1.29, 1.82) is 0 Å². The SMILES string of the molecule is Cc1ccc(C)c(C(O)CNCCC(=O)Nc2ncccc2C)c1. The molecule has 1 aromatic carbocycles. The summed E-state index contributed by atoms with van der Waals surface area (Å²) < 4.78 is 0. The Balaban J connectivity index is 1.75. The zero-order valence-corrected chi connectivity index (χ0v) is 14.5. The Labute approximate surface area is 143 Å². The Morgan fingerprint density at radius 1 is 1.21 bits per heavy atom. The molecule has 2 aromatic rings. The van der Waals surface area contributed by atoms with Crippen LogP contribution in [0.25, 0.3) is 0 Å². The zero-order valence-electron chi connectivity index (χ0n) is 14.5. The van der Waals surface area contributed by atoms with Gasteiger partial charge in [-0.2, -0.15) is 0 Å². The van der Waals surface area contributed by atoms with Crippen molar-refractivity contribution < 1.29 is 9.90 Å². The molecule has 0 aliphatic heterocycles. The average molecular weight is 327 g/mol. The van der Waals surface area contributed by atoms with Gasteiger partial charge in [-0.25, -0.2) is 4.98 Å². The Morgan fingerprint density at radius 2 is 2.00 bits per heavy atom. The molecule has 24 heavy (non-hydrogen) atoms. The second-order valence-corrected chi connectivity index (χ2v) is 6.05. The van der Waals surface area contributed by atoms with E-state index in [-0.39, 0.29) is 5.91 Å². The number of nitrogens with one attached hydrogen (secondary N) is 2. The van der Waals surface area contributed by atoms with Gasteiger partial charge in [0.15, 0.2) is 0 Å². The fraction of sp³-hybridized carbons (Fsp3) is 0.368. The van der Waals surface area contributed by atoms with Gasteiger partial charge in [0, 0.05) is 25.7 Å². The first-order chi connectivity index (χ1) is 11.5. The molecule has 1 atom stereocenters. The Bertz CT molecular complexity index is 701. The van der Waals surface area contributed by atoms with Gasteiger partial charge in [-0.15, -0.1) is 0 Å². The molecule has 0 aliphatic carbocycles. The number of benzene rings is 1. The summed E-state index contributed by atoms with van der Waals surface area (Å²) in [5, 5.41) is 16.2. The summed E-state index contributed by atoms with van der Waals surface area (Å²) in [4.78, 5) is 16.1. The van der Waals surface area contributed by atoms with Gasteiger partial charge in [-0.1, -0.05) is 29.8 Å². The third kappa shape index (κ3) is 5.15. The standard InChI is InChI=1S/C19H25N3O2/c1-13-6-7-14(2)16(11-13)17(23)12-20-10-8-18(24)22-19-15(3)5-4-9-21-19/h4-7,9,11,17,20,23H,8,10,12H2,1-3H3,(H,21,22,24). The summed E-state index contributed by atoms with van der Waals surface area (Å²) in [5.41, 5.74) is 4.05. The predicted octanol–water partition coefficient (Wildman–Crippen LogP) is 2.66. The van der Waals surface area contributed by atoms with Crippen LogP contribution >= 0.6 is 0 Å². The van der Waals surface area contributed by atoms with E-state index in [1.807, 2.05) is 51.1 Å². The summed E-state index contributed by atoms with van der Waals surface area (Å²) in [7, 11) is 0. The molecule has 2 rings (SSSR count). The van der Waals surface area contributed by atoms with Crippen LogP contribution in [0.1, 0.15) is 34.8 Å². The maximum Gasteiger partial charge on any atom is 0.226 e. The first-order valence-corrected chi connectivity index (χ1v) is 8.15. The van der Waals surface area contributed by atoms with E-state index >= 15 is 0 Å². The number of aryl methyl sites for hydroxylation is 3. The van der Waals surface area contributed by atoms with Gasteiger partial charge < -0.3 is 15.7 Å². The van der Waals surface area contributed by atoms with Gasteiger partial charge in [-0.3, -0.25) is 4.79 Å². The summed E-state index contributed by atoms with van der Waals surface area (Å²) in [5.74, 6) is 0.503. The molecule has 5 heteroatoms. The highest BCUT2D eigenvalue weighted by Gasteiger charge is 2.11. The van der Waals surface area contributed by atoms with Crippen molar-refractivity contribution in [2.24, 2.45) is 0 Å². The lowest BCUT2D eigenvalue weighted by molar-refractivity contribution is -0.116. The average Bonchev–Trinajstić information content (AvgIpc) is 2.56. The Kier molecular flexibility index (Phi) is 6.46. The first kappa shape index (κ1) is 18.1. The Morgan fingerprint density at radius 3 is 2.75 bits per heavy atom. The quantitative estimate of drug-likeness (QED) is 0.684. The monoisotopic (exact) mass is 327 g/mol. The number of pyridine rings is 1. The second kappa shape index (κ2) is 8.57. The smallest absolute Gasteiger partial charge is 0.226 e. The number of aromatic nitrogens is 1. The topological polar surface area (TPSA) is 74.2 Å². The van der Waals surface area contributed by atoms with E-state index in [0.29, 0.717) is 25.3 Å². The molecule has 3 N–H and O–H groups in total. The zero-order chi connectivity index (χ0) is 17.5. The fourth-order valence-corrected chi connectivity index (χ4v) is 2.48. The molecular weight excluding hydrogens is 302 g/mol. The van der Waals surface area contributed by atoms with Crippen molar-refractivity contribution >= 4 is 11.7 Å². The number of rotatable bonds is 7. The molecule has 5 nitrogen and oxygen atoms in total.